The van der Waals surface area contributed by atoms with Crippen LogP contribution >= 0.6 is 0 Å². The number of aliphatic hydroxyl groups is 1. The second-order valence-corrected chi connectivity index (χ2v) is 3.03. The van der Waals surface area contributed by atoms with E-state index in [0.717, 1.165) is 12.8 Å². The molecule has 1 rings (SSSR count). The van der Waals surface area contributed by atoms with Crippen molar-refractivity contribution >= 4 is 0 Å². The van der Waals surface area contributed by atoms with Crippen LogP contribution in [0.2, 0.25) is 0 Å². The summed E-state index contributed by atoms with van der Waals surface area (Å²) in [6.45, 7) is 0.906. The molecule has 0 atom stereocenters. The predicted octanol–water partition coefficient (Wildman–Crippen LogP) is 1.76. The number of hydrogen-bond acceptors (Lipinski definition) is 2. The molecule has 1 aromatic carbocycles. The fourth-order valence-corrected chi connectivity index (χ4v) is 1.37. The smallest absolute Gasteiger partial charge is 0.0715 e. The molecule has 0 spiro atoms. The Balaban J connectivity index is 2.66. The lowest BCUT2D eigenvalue weighted by atomic mass is 10.0. The van der Waals surface area contributed by atoms with Gasteiger partial charge in [-0.05, 0) is 24.0 Å². The van der Waals surface area contributed by atoms with Gasteiger partial charge in [-0.15, -0.1) is 0 Å². The van der Waals surface area contributed by atoms with Crippen LogP contribution in [0.3, 0.4) is 0 Å². The van der Waals surface area contributed by atoms with Crippen molar-refractivity contribution < 1.29 is 9.84 Å². The van der Waals surface area contributed by atoms with Crippen molar-refractivity contribution in [2.75, 3.05) is 13.7 Å². The Bertz CT molecular complexity index is 246. The fourth-order valence-electron chi connectivity index (χ4n) is 1.37. The molecule has 0 radical (unpaired) electrons. The molecular weight excluding hydrogens is 164 g/mol. The van der Waals surface area contributed by atoms with Crippen molar-refractivity contribution in [3.05, 3.63) is 35.4 Å². The average Bonchev–Trinajstić information content (AvgIpc) is 2.17. The van der Waals surface area contributed by atoms with Crippen molar-refractivity contribution in [3.63, 3.8) is 0 Å². The Morgan fingerprint density at radius 1 is 1.23 bits per heavy atom. The van der Waals surface area contributed by atoms with Crippen molar-refractivity contribution in [1.29, 1.82) is 0 Å². The SMILES string of the molecule is COCc1ccccc1CCCO. The van der Waals surface area contributed by atoms with Crippen LogP contribution in [0.25, 0.3) is 0 Å². The first-order valence-corrected chi connectivity index (χ1v) is 4.55. The van der Waals surface area contributed by atoms with Crippen molar-refractivity contribution in [1.82, 2.24) is 0 Å². The third-order valence-corrected chi connectivity index (χ3v) is 2.02. The minimum atomic E-state index is 0.251. The maximum absolute atomic E-state index is 8.72. The molecular formula is C11H16O2. The second kappa shape index (κ2) is 5.73. The molecule has 0 saturated carbocycles. The summed E-state index contributed by atoms with van der Waals surface area (Å²) < 4.78 is 5.09. The molecule has 0 saturated heterocycles. The molecule has 2 nitrogen and oxygen atoms in total. The van der Waals surface area contributed by atoms with E-state index in [1.807, 2.05) is 12.1 Å². The second-order valence-electron chi connectivity index (χ2n) is 3.03. The fraction of sp³-hybridized carbons (Fsp3) is 0.455. The Kier molecular flexibility index (Phi) is 4.50. The summed E-state index contributed by atoms with van der Waals surface area (Å²) in [5.74, 6) is 0. The molecule has 72 valence electrons. The minimum absolute atomic E-state index is 0.251. The van der Waals surface area contributed by atoms with Crippen LogP contribution in [-0.2, 0) is 17.8 Å². The zero-order valence-corrected chi connectivity index (χ0v) is 7.99. The molecule has 0 aromatic heterocycles. The van der Waals surface area contributed by atoms with Crippen LogP contribution in [0.5, 0.6) is 0 Å². The lowest BCUT2D eigenvalue weighted by Crippen LogP contribution is -1.97. The van der Waals surface area contributed by atoms with E-state index in [2.05, 4.69) is 12.1 Å². The van der Waals surface area contributed by atoms with Gasteiger partial charge in [-0.1, -0.05) is 24.3 Å². The highest BCUT2D eigenvalue weighted by molar-refractivity contribution is 5.26. The summed E-state index contributed by atoms with van der Waals surface area (Å²) >= 11 is 0. The van der Waals surface area contributed by atoms with Crippen molar-refractivity contribution in [2.24, 2.45) is 0 Å². The van der Waals surface area contributed by atoms with Crippen LogP contribution in [0, 0.1) is 0 Å². The van der Waals surface area contributed by atoms with Gasteiger partial charge in [0, 0.05) is 13.7 Å². The molecule has 0 bridgehead atoms. The number of aliphatic hydroxyl groups excluding tert-OH is 1. The molecule has 0 aliphatic carbocycles. The number of ether oxygens (including phenoxy) is 1. The third-order valence-electron chi connectivity index (χ3n) is 2.02. The standard InChI is InChI=1S/C11H16O2/c1-13-9-11-6-3-2-5-10(11)7-4-8-12/h2-3,5-6,12H,4,7-9H2,1H3. The van der Waals surface area contributed by atoms with E-state index in [1.165, 1.54) is 11.1 Å². The lowest BCUT2D eigenvalue weighted by Gasteiger charge is -2.07. The summed E-state index contributed by atoms with van der Waals surface area (Å²) in [6.07, 6.45) is 1.75. The molecule has 0 aliphatic rings. The van der Waals surface area contributed by atoms with Crippen LogP contribution in [0.15, 0.2) is 24.3 Å². The molecule has 1 N–H and O–H groups in total. The van der Waals surface area contributed by atoms with Gasteiger partial charge in [0.15, 0.2) is 0 Å². The summed E-state index contributed by atoms with van der Waals surface area (Å²) in [7, 11) is 1.70. The van der Waals surface area contributed by atoms with E-state index < -0.39 is 0 Å². The van der Waals surface area contributed by atoms with Gasteiger partial charge in [-0.25, -0.2) is 0 Å². The van der Waals surface area contributed by atoms with Crippen LogP contribution in [0.1, 0.15) is 17.5 Å². The number of methoxy groups -OCH3 is 1. The largest absolute Gasteiger partial charge is 0.396 e. The summed E-state index contributed by atoms with van der Waals surface area (Å²) in [5, 5.41) is 8.72. The van der Waals surface area contributed by atoms with Gasteiger partial charge >= 0.3 is 0 Å². The molecule has 0 heterocycles. The van der Waals surface area contributed by atoms with Crippen LogP contribution in [-0.4, -0.2) is 18.8 Å². The third kappa shape index (κ3) is 3.17. The summed E-state index contributed by atoms with van der Waals surface area (Å²) in [4.78, 5) is 0. The van der Waals surface area contributed by atoms with Gasteiger partial charge in [-0.3, -0.25) is 0 Å². The average molecular weight is 180 g/mol. The topological polar surface area (TPSA) is 29.5 Å². The Morgan fingerprint density at radius 3 is 2.54 bits per heavy atom. The molecule has 2 heteroatoms. The van der Waals surface area contributed by atoms with Crippen molar-refractivity contribution in [2.45, 2.75) is 19.4 Å². The molecule has 0 aliphatic heterocycles. The Labute approximate surface area is 79.2 Å². The number of hydrogen-bond donors (Lipinski definition) is 1. The maximum atomic E-state index is 8.72. The predicted molar refractivity (Wildman–Crippen MR) is 52.6 cm³/mol. The first kappa shape index (κ1) is 10.2. The van der Waals surface area contributed by atoms with Crippen molar-refractivity contribution in [3.8, 4) is 0 Å². The van der Waals surface area contributed by atoms with Crippen LogP contribution in [0.4, 0.5) is 0 Å². The number of rotatable bonds is 5. The number of benzene rings is 1. The van der Waals surface area contributed by atoms with E-state index in [4.69, 9.17) is 9.84 Å². The first-order chi connectivity index (χ1) is 6.38. The highest BCUT2D eigenvalue weighted by Crippen LogP contribution is 2.11. The van der Waals surface area contributed by atoms with Gasteiger partial charge in [0.2, 0.25) is 0 Å². The van der Waals surface area contributed by atoms with Crippen LogP contribution < -0.4 is 0 Å². The zero-order chi connectivity index (χ0) is 9.52. The van der Waals surface area contributed by atoms with E-state index in [0.29, 0.717) is 6.61 Å². The normalized spacial score (nSPS) is 10.3. The van der Waals surface area contributed by atoms with E-state index >= 15 is 0 Å². The number of aryl methyl sites for hydroxylation is 1. The maximum Gasteiger partial charge on any atom is 0.0715 e. The highest BCUT2D eigenvalue weighted by Gasteiger charge is 1.99. The highest BCUT2D eigenvalue weighted by atomic mass is 16.5. The van der Waals surface area contributed by atoms with Gasteiger partial charge < -0.3 is 9.84 Å². The summed E-state index contributed by atoms with van der Waals surface area (Å²) in [6, 6.07) is 8.18. The monoisotopic (exact) mass is 180 g/mol. The van der Waals surface area contributed by atoms with E-state index in [1.54, 1.807) is 7.11 Å². The Morgan fingerprint density at radius 2 is 1.92 bits per heavy atom. The first-order valence-electron chi connectivity index (χ1n) is 4.55. The van der Waals surface area contributed by atoms with Gasteiger partial charge in [0.05, 0.1) is 6.61 Å². The van der Waals surface area contributed by atoms with E-state index in [9.17, 15) is 0 Å². The molecule has 13 heavy (non-hydrogen) atoms. The van der Waals surface area contributed by atoms with Gasteiger partial charge in [0.25, 0.3) is 0 Å². The lowest BCUT2D eigenvalue weighted by molar-refractivity contribution is 0.184. The van der Waals surface area contributed by atoms with E-state index in [-0.39, 0.29) is 6.61 Å². The van der Waals surface area contributed by atoms with Gasteiger partial charge in [0.1, 0.15) is 0 Å². The molecule has 0 unspecified atom stereocenters. The zero-order valence-electron chi connectivity index (χ0n) is 7.99. The molecule has 1 aromatic rings. The Hall–Kier alpha value is -0.860. The van der Waals surface area contributed by atoms with Gasteiger partial charge in [-0.2, -0.15) is 0 Å². The minimum Gasteiger partial charge on any atom is -0.396 e. The summed E-state index contributed by atoms with van der Waals surface area (Å²) in [5.41, 5.74) is 2.50. The molecule has 0 amide bonds. The molecule has 0 fully saturated rings. The quantitative estimate of drug-likeness (QED) is 0.748.